The highest BCUT2D eigenvalue weighted by molar-refractivity contribution is 6.30. The summed E-state index contributed by atoms with van der Waals surface area (Å²) in [5.41, 5.74) is 3.17. The first kappa shape index (κ1) is 26.6. The van der Waals surface area contributed by atoms with E-state index >= 15 is 0 Å². The molecule has 1 atom stereocenters. The maximum Gasteiger partial charge on any atom is 0.335 e. The Bertz CT molecular complexity index is 1530. The van der Waals surface area contributed by atoms with Crippen LogP contribution in [0, 0.1) is 5.82 Å². The average molecular weight is 566 g/mol. The smallest absolute Gasteiger partial charge is 0.335 e. The van der Waals surface area contributed by atoms with E-state index in [1.807, 2.05) is 6.07 Å². The van der Waals surface area contributed by atoms with Crippen LogP contribution in [0.3, 0.4) is 0 Å². The lowest BCUT2D eigenvalue weighted by Crippen LogP contribution is -2.35. The summed E-state index contributed by atoms with van der Waals surface area (Å²) in [7, 11) is 0. The lowest BCUT2D eigenvalue weighted by molar-refractivity contribution is -0.0592. The molecule has 11 heteroatoms. The molecular formula is C29H29ClFN5O4. The van der Waals surface area contributed by atoms with Crippen molar-refractivity contribution in [2.24, 2.45) is 0 Å². The van der Waals surface area contributed by atoms with Crippen LogP contribution in [0.25, 0.3) is 11.0 Å². The van der Waals surface area contributed by atoms with E-state index < -0.39 is 11.8 Å². The molecule has 0 saturated carbocycles. The molecule has 4 heterocycles. The first-order chi connectivity index (χ1) is 19.4. The second kappa shape index (κ2) is 11.5. The minimum absolute atomic E-state index is 0.0196. The summed E-state index contributed by atoms with van der Waals surface area (Å²) in [4.78, 5) is 27.6. The van der Waals surface area contributed by atoms with E-state index in [9.17, 15) is 14.3 Å². The zero-order valence-electron chi connectivity index (χ0n) is 21.8. The van der Waals surface area contributed by atoms with Crippen LogP contribution in [0.2, 0.25) is 5.02 Å². The van der Waals surface area contributed by atoms with Crippen molar-refractivity contribution in [2.45, 2.75) is 51.0 Å². The molecule has 0 aliphatic carbocycles. The van der Waals surface area contributed by atoms with Crippen molar-refractivity contribution in [3.63, 3.8) is 0 Å². The first-order valence-corrected chi connectivity index (χ1v) is 13.8. The molecule has 0 amide bonds. The number of nitrogens with zero attached hydrogens (tertiary/aromatic N) is 5. The Morgan fingerprint density at radius 2 is 1.95 bits per heavy atom. The lowest BCUT2D eigenvalue weighted by atomic mass is 9.93. The Kier molecular flexibility index (Phi) is 7.64. The van der Waals surface area contributed by atoms with Gasteiger partial charge in [-0.1, -0.05) is 17.7 Å². The number of piperidine rings is 1. The molecule has 2 aliphatic rings. The number of carboxylic acids is 1. The topological polar surface area (TPSA) is 103 Å². The van der Waals surface area contributed by atoms with Crippen LogP contribution in [-0.4, -0.2) is 61.3 Å². The molecule has 2 aromatic heterocycles. The van der Waals surface area contributed by atoms with Gasteiger partial charge in [0.15, 0.2) is 0 Å². The fraction of sp³-hybridized carbons (Fsp3) is 0.379. The number of halogens is 2. The molecule has 0 radical (unpaired) electrons. The second-order valence-corrected chi connectivity index (χ2v) is 10.7. The number of rotatable bonds is 9. The highest BCUT2D eigenvalue weighted by atomic mass is 35.5. The third kappa shape index (κ3) is 5.79. The molecule has 6 rings (SSSR count). The van der Waals surface area contributed by atoms with E-state index in [1.54, 1.807) is 36.5 Å². The van der Waals surface area contributed by atoms with E-state index in [-0.39, 0.29) is 30.2 Å². The summed E-state index contributed by atoms with van der Waals surface area (Å²) in [6, 6.07) is 11.7. The van der Waals surface area contributed by atoms with Crippen molar-refractivity contribution >= 4 is 28.6 Å². The summed E-state index contributed by atoms with van der Waals surface area (Å²) in [6.45, 7) is 3.84. The number of hydrogen-bond acceptors (Lipinski definition) is 7. The minimum atomic E-state index is -0.950. The molecule has 9 nitrogen and oxygen atoms in total. The molecule has 1 N–H and O–H groups in total. The van der Waals surface area contributed by atoms with Crippen LogP contribution in [0.4, 0.5) is 4.39 Å². The molecule has 2 aromatic carbocycles. The predicted molar refractivity (Wildman–Crippen MR) is 146 cm³/mol. The molecule has 2 fully saturated rings. The fourth-order valence-electron chi connectivity index (χ4n) is 5.28. The Balaban J connectivity index is 1.11. The van der Waals surface area contributed by atoms with Crippen molar-refractivity contribution < 1.29 is 23.8 Å². The number of likely N-dealkylation sites (tertiary alicyclic amines) is 1. The predicted octanol–water partition coefficient (Wildman–Crippen LogP) is 5.06. The van der Waals surface area contributed by atoms with E-state index in [0.717, 1.165) is 61.5 Å². The van der Waals surface area contributed by atoms with E-state index in [4.69, 9.17) is 26.1 Å². The molecule has 0 bridgehead atoms. The minimum Gasteiger partial charge on any atom is -0.478 e. The van der Waals surface area contributed by atoms with Gasteiger partial charge in [-0.15, -0.1) is 0 Å². The van der Waals surface area contributed by atoms with Gasteiger partial charge in [-0.05, 0) is 68.8 Å². The maximum absolute atomic E-state index is 14.1. The summed E-state index contributed by atoms with van der Waals surface area (Å²) >= 11 is 5.83. The number of carboxylic acid groups (broad SMARTS) is 1. The van der Waals surface area contributed by atoms with Gasteiger partial charge in [-0.2, -0.15) is 4.98 Å². The van der Waals surface area contributed by atoms with Gasteiger partial charge in [0.1, 0.15) is 18.2 Å². The van der Waals surface area contributed by atoms with Crippen LogP contribution in [0.5, 0.6) is 6.01 Å². The quantitative estimate of drug-likeness (QED) is 0.300. The van der Waals surface area contributed by atoms with Crippen molar-refractivity contribution in [1.29, 1.82) is 0 Å². The second-order valence-electron chi connectivity index (χ2n) is 10.3. The Morgan fingerprint density at radius 3 is 2.67 bits per heavy atom. The summed E-state index contributed by atoms with van der Waals surface area (Å²) in [5, 5.41) is 9.82. The Labute approximate surface area is 235 Å². The molecule has 2 aliphatic heterocycles. The molecule has 0 spiro atoms. The Hall–Kier alpha value is -3.60. The van der Waals surface area contributed by atoms with Crippen molar-refractivity contribution in [3.05, 3.63) is 82.1 Å². The number of benzene rings is 2. The number of carbonyl (C=O) groups is 1. The van der Waals surface area contributed by atoms with Crippen LogP contribution in [0.15, 0.2) is 48.7 Å². The molecule has 4 aromatic rings. The van der Waals surface area contributed by atoms with Gasteiger partial charge < -0.3 is 19.1 Å². The van der Waals surface area contributed by atoms with Gasteiger partial charge in [0.2, 0.25) is 0 Å². The zero-order chi connectivity index (χ0) is 27.6. The highest BCUT2D eigenvalue weighted by Crippen LogP contribution is 2.29. The van der Waals surface area contributed by atoms with Crippen LogP contribution in [0.1, 0.15) is 52.6 Å². The van der Waals surface area contributed by atoms with Gasteiger partial charge in [-0.3, -0.25) is 4.90 Å². The van der Waals surface area contributed by atoms with Crippen molar-refractivity contribution in [3.8, 4) is 6.01 Å². The number of hydrogen-bond donors (Lipinski definition) is 1. The average Bonchev–Trinajstić information content (AvgIpc) is 3.26. The molecule has 0 unspecified atom stereocenters. The number of aromatic carboxylic acids is 1. The highest BCUT2D eigenvalue weighted by Gasteiger charge is 2.26. The molecule has 2 saturated heterocycles. The summed E-state index contributed by atoms with van der Waals surface area (Å²) < 4.78 is 27.6. The summed E-state index contributed by atoms with van der Waals surface area (Å²) in [6.07, 6.45) is 4.62. The van der Waals surface area contributed by atoms with Gasteiger partial charge in [0.25, 0.3) is 0 Å². The summed E-state index contributed by atoms with van der Waals surface area (Å²) in [5.74, 6) is -0.200. The third-order valence-electron chi connectivity index (χ3n) is 7.65. The first-order valence-electron chi connectivity index (χ1n) is 13.4. The number of imidazole rings is 1. The van der Waals surface area contributed by atoms with Crippen molar-refractivity contribution in [2.75, 3.05) is 19.7 Å². The fourth-order valence-corrected chi connectivity index (χ4v) is 5.44. The van der Waals surface area contributed by atoms with E-state index in [0.29, 0.717) is 23.7 Å². The Morgan fingerprint density at radius 1 is 1.12 bits per heavy atom. The largest absolute Gasteiger partial charge is 0.478 e. The van der Waals surface area contributed by atoms with E-state index in [2.05, 4.69) is 19.4 Å². The van der Waals surface area contributed by atoms with Crippen LogP contribution >= 0.6 is 11.6 Å². The number of ether oxygens (including phenoxy) is 2. The monoisotopic (exact) mass is 565 g/mol. The van der Waals surface area contributed by atoms with Crippen molar-refractivity contribution in [1.82, 2.24) is 24.4 Å². The zero-order valence-corrected chi connectivity index (χ0v) is 22.6. The van der Waals surface area contributed by atoms with Gasteiger partial charge in [0, 0.05) is 29.3 Å². The lowest BCUT2D eigenvalue weighted by Gasteiger charge is -2.32. The van der Waals surface area contributed by atoms with Crippen LogP contribution < -0.4 is 4.74 Å². The molecule has 40 heavy (non-hydrogen) atoms. The van der Waals surface area contributed by atoms with Crippen LogP contribution in [-0.2, 0) is 24.4 Å². The van der Waals surface area contributed by atoms with E-state index in [1.165, 1.54) is 6.07 Å². The van der Waals surface area contributed by atoms with Gasteiger partial charge >= 0.3 is 12.0 Å². The standard InChI is InChI=1S/C29H29ClFN5O4/c30-21-3-1-20(23(31)14-21)17-40-29-32-9-5-24(34-29)18-6-10-35(11-7-18)16-27-33-25-4-2-19(28(37)38)13-26(25)36(27)15-22-8-12-39-22/h1-5,9,13-14,18,22H,6-8,10-12,15-17H2,(H,37,38)/t22-/m0/s1. The van der Waals surface area contributed by atoms with Gasteiger partial charge in [-0.25, -0.2) is 19.2 Å². The van der Waals surface area contributed by atoms with Gasteiger partial charge in [0.05, 0.1) is 41.5 Å². The molecule has 208 valence electrons. The molecular weight excluding hydrogens is 537 g/mol. The normalized spacial score (nSPS) is 18.1. The number of fused-ring (bicyclic) bond motifs is 1. The SMILES string of the molecule is O=C(O)c1ccc2nc(CN3CCC(c4ccnc(OCc5ccc(Cl)cc5F)n4)CC3)n(C[C@@H]3CCO3)c2c1. The maximum atomic E-state index is 14.1. The third-order valence-corrected chi connectivity index (χ3v) is 7.89. The number of aromatic nitrogens is 4.